The quantitative estimate of drug-likeness (QED) is 0.753. The molecule has 2 aliphatic heterocycles. The van der Waals surface area contributed by atoms with Crippen LogP contribution in [0.3, 0.4) is 0 Å². The predicted octanol–water partition coefficient (Wildman–Crippen LogP) is 2.48. The van der Waals surface area contributed by atoms with E-state index in [1.807, 2.05) is 0 Å². The summed E-state index contributed by atoms with van der Waals surface area (Å²) in [6.07, 6.45) is 8.43. The van der Waals surface area contributed by atoms with Gasteiger partial charge in [0.1, 0.15) is 18.3 Å². The van der Waals surface area contributed by atoms with E-state index in [0.717, 1.165) is 44.1 Å². The number of rotatable bonds is 5. The van der Waals surface area contributed by atoms with E-state index >= 15 is 0 Å². The fourth-order valence-electron chi connectivity index (χ4n) is 4.94. The van der Waals surface area contributed by atoms with Crippen LogP contribution in [0, 0.1) is 0 Å². The molecule has 0 bridgehead atoms. The van der Waals surface area contributed by atoms with Crippen LogP contribution in [0.1, 0.15) is 67.3 Å². The van der Waals surface area contributed by atoms with Crippen molar-refractivity contribution in [3.05, 3.63) is 29.3 Å². The molecule has 1 N–H and O–H groups in total. The molecule has 0 spiro atoms. The molecule has 0 aromatic heterocycles. The third-order valence-electron chi connectivity index (χ3n) is 6.59. The fourth-order valence-corrected chi connectivity index (χ4v) is 4.94. The number of hydrogen-bond donors (Lipinski definition) is 1. The number of carbonyl (C=O) groups is 3. The van der Waals surface area contributed by atoms with E-state index < -0.39 is 0 Å². The molecule has 2 saturated heterocycles. The molecular weight excluding hydrogens is 382 g/mol. The molecule has 1 aromatic carbocycles. The molecule has 3 amide bonds. The number of ether oxygens (including phenoxy) is 1. The largest absolute Gasteiger partial charge is 0.496 e. The van der Waals surface area contributed by atoms with E-state index in [0.29, 0.717) is 17.9 Å². The molecule has 30 heavy (non-hydrogen) atoms. The van der Waals surface area contributed by atoms with Crippen molar-refractivity contribution in [2.45, 2.75) is 70.0 Å². The van der Waals surface area contributed by atoms with E-state index in [1.165, 1.54) is 12.8 Å². The van der Waals surface area contributed by atoms with Gasteiger partial charge >= 0.3 is 0 Å². The number of nitrogens with zero attached hydrogens (tertiary/aromatic N) is 2. The minimum atomic E-state index is -0.334. The van der Waals surface area contributed by atoms with E-state index in [-0.39, 0.29) is 42.9 Å². The van der Waals surface area contributed by atoms with Crippen LogP contribution in [0.2, 0.25) is 0 Å². The van der Waals surface area contributed by atoms with Crippen LogP contribution in [0.15, 0.2) is 18.2 Å². The van der Waals surface area contributed by atoms with Crippen LogP contribution in [-0.2, 0) is 16.1 Å². The molecule has 2 heterocycles. The first-order valence-corrected chi connectivity index (χ1v) is 11.1. The Kier molecular flexibility index (Phi) is 6.25. The standard InChI is InChI=1S/C23H31N3O4/c1-30-20-11-10-16(22(28)24-18-7-4-2-3-5-8-18)13-17(20)14-25-15-21(27)26-12-6-9-19(26)23(25)29/h10-11,13,18-19H,2-9,12,14-15H2,1H3,(H,24,28)/t19-/m0/s1. The molecule has 1 atom stereocenters. The molecule has 4 rings (SSSR count). The normalized spacial score (nSPS) is 22.6. The minimum Gasteiger partial charge on any atom is -0.496 e. The summed E-state index contributed by atoms with van der Waals surface area (Å²) in [5.41, 5.74) is 1.31. The Morgan fingerprint density at radius 2 is 1.87 bits per heavy atom. The summed E-state index contributed by atoms with van der Waals surface area (Å²) in [5.74, 6) is 0.518. The average Bonchev–Trinajstić information content (AvgIpc) is 3.11. The van der Waals surface area contributed by atoms with Gasteiger partial charge in [-0.2, -0.15) is 0 Å². The number of piperazine rings is 1. The van der Waals surface area contributed by atoms with Crippen LogP contribution in [0.4, 0.5) is 0 Å². The lowest BCUT2D eigenvalue weighted by molar-refractivity contribution is -0.154. The summed E-state index contributed by atoms with van der Waals surface area (Å²) in [5, 5.41) is 3.17. The van der Waals surface area contributed by atoms with Gasteiger partial charge in [0, 0.05) is 30.3 Å². The lowest BCUT2D eigenvalue weighted by atomic mass is 10.0. The average molecular weight is 414 g/mol. The Morgan fingerprint density at radius 3 is 2.60 bits per heavy atom. The monoisotopic (exact) mass is 413 g/mol. The first-order valence-electron chi connectivity index (χ1n) is 11.1. The summed E-state index contributed by atoms with van der Waals surface area (Å²) in [4.78, 5) is 41.5. The number of benzene rings is 1. The van der Waals surface area contributed by atoms with Crippen LogP contribution < -0.4 is 10.1 Å². The maximum atomic E-state index is 12.9. The highest BCUT2D eigenvalue weighted by Gasteiger charge is 2.42. The molecule has 1 aliphatic carbocycles. The van der Waals surface area contributed by atoms with Crippen molar-refractivity contribution >= 4 is 17.7 Å². The molecule has 0 radical (unpaired) electrons. The summed E-state index contributed by atoms with van der Waals surface area (Å²) < 4.78 is 5.47. The summed E-state index contributed by atoms with van der Waals surface area (Å²) in [6.45, 7) is 1.02. The second kappa shape index (κ2) is 9.06. The zero-order valence-corrected chi connectivity index (χ0v) is 17.7. The molecule has 0 unspecified atom stereocenters. The predicted molar refractivity (Wildman–Crippen MR) is 112 cm³/mol. The van der Waals surface area contributed by atoms with Gasteiger partial charge in [-0.15, -0.1) is 0 Å². The molecule has 1 saturated carbocycles. The van der Waals surface area contributed by atoms with Gasteiger partial charge in [-0.1, -0.05) is 25.7 Å². The number of nitrogens with one attached hydrogen (secondary N) is 1. The van der Waals surface area contributed by atoms with Crippen molar-refractivity contribution in [1.82, 2.24) is 15.1 Å². The summed E-state index contributed by atoms with van der Waals surface area (Å²) in [7, 11) is 1.58. The summed E-state index contributed by atoms with van der Waals surface area (Å²) >= 11 is 0. The molecule has 162 valence electrons. The number of fused-ring (bicyclic) bond motifs is 1. The molecule has 1 aromatic rings. The van der Waals surface area contributed by atoms with Crippen molar-refractivity contribution in [3.8, 4) is 5.75 Å². The zero-order valence-electron chi connectivity index (χ0n) is 17.7. The highest BCUT2D eigenvalue weighted by Crippen LogP contribution is 2.28. The number of hydrogen-bond acceptors (Lipinski definition) is 4. The van der Waals surface area contributed by atoms with Crippen molar-refractivity contribution in [2.75, 3.05) is 20.2 Å². The Morgan fingerprint density at radius 1 is 1.10 bits per heavy atom. The van der Waals surface area contributed by atoms with Gasteiger partial charge in [-0.05, 0) is 43.9 Å². The lowest BCUT2D eigenvalue weighted by Gasteiger charge is -2.36. The van der Waals surface area contributed by atoms with E-state index in [2.05, 4.69) is 5.32 Å². The zero-order chi connectivity index (χ0) is 21.1. The molecule has 3 fully saturated rings. The third kappa shape index (κ3) is 4.30. The maximum absolute atomic E-state index is 12.9. The highest BCUT2D eigenvalue weighted by molar-refractivity contribution is 5.96. The number of amides is 3. The number of methoxy groups -OCH3 is 1. The van der Waals surface area contributed by atoms with Crippen LogP contribution in [0.25, 0.3) is 0 Å². The van der Waals surface area contributed by atoms with E-state index in [9.17, 15) is 14.4 Å². The topological polar surface area (TPSA) is 79.0 Å². The van der Waals surface area contributed by atoms with Crippen LogP contribution >= 0.6 is 0 Å². The first-order chi connectivity index (χ1) is 14.6. The van der Waals surface area contributed by atoms with Crippen molar-refractivity contribution in [3.63, 3.8) is 0 Å². The van der Waals surface area contributed by atoms with E-state index in [4.69, 9.17) is 4.74 Å². The lowest BCUT2D eigenvalue weighted by Crippen LogP contribution is -2.56. The second-order valence-corrected chi connectivity index (χ2v) is 8.63. The fraction of sp³-hybridized carbons (Fsp3) is 0.609. The maximum Gasteiger partial charge on any atom is 0.251 e. The van der Waals surface area contributed by atoms with Gasteiger partial charge in [0.05, 0.1) is 7.11 Å². The van der Waals surface area contributed by atoms with Gasteiger partial charge in [-0.25, -0.2) is 0 Å². The number of carbonyl (C=O) groups excluding carboxylic acids is 3. The molecular formula is C23H31N3O4. The minimum absolute atomic E-state index is 0.00155. The molecule has 7 nitrogen and oxygen atoms in total. The Balaban J connectivity index is 1.49. The van der Waals surface area contributed by atoms with Gasteiger partial charge < -0.3 is 19.9 Å². The van der Waals surface area contributed by atoms with Gasteiger partial charge in [0.15, 0.2) is 0 Å². The van der Waals surface area contributed by atoms with Crippen molar-refractivity contribution in [2.24, 2.45) is 0 Å². The van der Waals surface area contributed by atoms with Gasteiger partial charge in [0.2, 0.25) is 11.8 Å². The summed E-state index contributed by atoms with van der Waals surface area (Å²) in [6, 6.07) is 5.22. The third-order valence-corrected chi connectivity index (χ3v) is 6.59. The molecule has 3 aliphatic rings. The van der Waals surface area contributed by atoms with Crippen LogP contribution in [-0.4, -0.2) is 59.8 Å². The molecule has 7 heteroatoms. The Labute approximate surface area is 177 Å². The van der Waals surface area contributed by atoms with E-state index in [1.54, 1.807) is 35.1 Å². The smallest absolute Gasteiger partial charge is 0.251 e. The van der Waals surface area contributed by atoms with Gasteiger partial charge in [-0.3, -0.25) is 14.4 Å². The van der Waals surface area contributed by atoms with Crippen LogP contribution in [0.5, 0.6) is 5.75 Å². The first kappa shape index (κ1) is 20.7. The van der Waals surface area contributed by atoms with Crippen molar-refractivity contribution in [1.29, 1.82) is 0 Å². The Bertz CT molecular complexity index is 817. The second-order valence-electron chi connectivity index (χ2n) is 8.63. The van der Waals surface area contributed by atoms with Gasteiger partial charge in [0.25, 0.3) is 5.91 Å². The highest BCUT2D eigenvalue weighted by atomic mass is 16.5. The van der Waals surface area contributed by atoms with Crippen molar-refractivity contribution < 1.29 is 19.1 Å². The SMILES string of the molecule is COc1ccc(C(=O)NC2CCCCCC2)cc1CN1CC(=O)N2CCC[C@H]2C1=O. The Hall–Kier alpha value is -2.57.